The molecule has 7 nitrogen and oxygen atoms in total. The van der Waals surface area contributed by atoms with E-state index in [-0.39, 0.29) is 5.41 Å². The van der Waals surface area contributed by atoms with Gasteiger partial charge in [0.05, 0.1) is 17.6 Å². The summed E-state index contributed by atoms with van der Waals surface area (Å²) < 4.78 is 0. The molecule has 1 fully saturated rings. The fraction of sp³-hybridized carbons (Fsp3) is 0.562. The smallest absolute Gasteiger partial charge is 0.225 e. The predicted octanol–water partition coefficient (Wildman–Crippen LogP) is 7.01. The fourth-order valence-corrected chi connectivity index (χ4v) is 6.95. The van der Waals surface area contributed by atoms with E-state index in [2.05, 4.69) is 59.8 Å². The monoisotopic (exact) mass is 559 g/mol. The molecule has 1 saturated heterocycles. The molecular weight excluding hydrogens is 514 g/mol. The Labute approximate surface area is 245 Å². The molecule has 0 spiro atoms. The number of fused-ring (bicyclic) bond motifs is 1. The summed E-state index contributed by atoms with van der Waals surface area (Å²) in [6, 6.07) is 4.45. The number of nitriles is 1. The van der Waals surface area contributed by atoms with Gasteiger partial charge >= 0.3 is 0 Å². The first kappa shape index (κ1) is 29.8. The lowest BCUT2D eigenvalue weighted by Crippen LogP contribution is -2.32. The number of hydrogen-bond donors (Lipinski definition) is 0. The zero-order valence-corrected chi connectivity index (χ0v) is 25.9. The molecule has 0 aromatic carbocycles. The molecule has 2 aromatic rings. The first-order valence-electron chi connectivity index (χ1n) is 14.5. The number of aryl methyl sites for hydroxylation is 1. The lowest BCUT2D eigenvalue weighted by Gasteiger charge is -2.30. The molecule has 3 heterocycles. The van der Waals surface area contributed by atoms with Crippen molar-refractivity contribution in [3.05, 3.63) is 52.8 Å². The molecule has 8 heteroatoms. The second-order valence-corrected chi connectivity index (χ2v) is 13.6. The Morgan fingerprint density at radius 2 is 2.02 bits per heavy atom. The van der Waals surface area contributed by atoms with Crippen molar-refractivity contribution in [3.8, 4) is 6.07 Å². The minimum absolute atomic E-state index is 0.238. The number of aromatic nitrogens is 2. The van der Waals surface area contributed by atoms with Crippen LogP contribution in [0.3, 0.4) is 0 Å². The zero-order chi connectivity index (χ0) is 28.9. The van der Waals surface area contributed by atoms with Crippen molar-refractivity contribution in [2.75, 3.05) is 45.2 Å². The van der Waals surface area contributed by atoms with Gasteiger partial charge in [0.15, 0.2) is 0 Å². The highest BCUT2D eigenvalue weighted by molar-refractivity contribution is 7.16. The maximum absolute atomic E-state index is 9.99. The van der Waals surface area contributed by atoms with Crippen molar-refractivity contribution < 1.29 is 0 Å². The van der Waals surface area contributed by atoms with Crippen LogP contribution in [-0.2, 0) is 6.42 Å². The van der Waals surface area contributed by atoms with E-state index in [9.17, 15) is 5.26 Å². The molecule has 1 atom stereocenters. The summed E-state index contributed by atoms with van der Waals surface area (Å²) in [4.78, 5) is 22.2. The summed E-state index contributed by atoms with van der Waals surface area (Å²) in [6.45, 7) is 19.4. The lowest BCUT2D eigenvalue weighted by atomic mass is 9.81. The molecule has 40 heavy (non-hydrogen) atoms. The van der Waals surface area contributed by atoms with Gasteiger partial charge in [-0.15, -0.1) is 11.3 Å². The van der Waals surface area contributed by atoms with Gasteiger partial charge in [-0.1, -0.05) is 33.9 Å². The van der Waals surface area contributed by atoms with Crippen LogP contribution in [0, 0.1) is 16.7 Å². The Kier molecular flexibility index (Phi) is 9.68. The quantitative estimate of drug-likeness (QED) is 0.243. The Bertz CT molecular complexity index is 1280. The average Bonchev–Trinajstić information content (AvgIpc) is 3.09. The number of aliphatic imine (C=N–C) groups is 1. The molecule has 4 rings (SSSR count). The third kappa shape index (κ3) is 7.51. The number of nitrogens with zero attached hydrogens (tertiary/aromatic N) is 7. The van der Waals surface area contributed by atoms with Crippen LogP contribution in [0.15, 0.2) is 36.1 Å². The van der Waals surface area contributed by atoms with Crippen LogP contribution in [0.4, 0.5) is 10.9 Å². The molecule has 1 aliphatic heterocycles. The van der Waals surface area contributed by atoms with E-state index in [0.717, 1.165) is 98.9 Å². The molecule has 0 unspecified atom stereocenters. The summed E-state index contributed by atoms with van der Waals surface area (Å²) in [6.07, 6.45) is 10.8. The molecule has 1 aliphatic carbocycles. The van der Waals surface area contributed by atoms with Gasteiger partial charge in [-0.2, -0.15) is 5.26 Å². The van der Waals surface area contributed by atoms with E-state index in [1.165, 1.54) is 16.1 Å². The summed E-state index contributed by atoms with van der Waals surface area (Å²) in [5.41, 5.74) is 5.40. The fourth-order valence-electron chi connectivity index (χ4n) is 5.74. The van der Waals surface area contributed by atoms with Crippen LogP contribution in [0.2, 0.25) is 0 Å². The van der Waals surface area contributed by atoms with Gasteiger partial charge in [0.1, 0.15) is 11.1 Å². The molecule has 214 valence electrons. The van der Waals surface area contributed by atoms with E-state index < -0.39 is 0 Å². The Balaban J connectivity index is 1.40. The number of rotatable bonds is 9. The standard InChI is InChI=1S/C32H45N7S/c1-23(12-13-25-10-8-11-28-29(25)26(21-33)30(40-28)35-22-37(6)7)27-14-15-34-31(36-27)39-17-9-16-38(18-19-39)24(2)20-32(3,4)5/h14-15,22,25H,1-2,8-13,16-20H2,3-7H3/b35-22+/t25-/m1/s1. The first-order chi connectivity index (χ1) is 19.1. The molecule has 2 aliphatic rings. The number of allylic oxidation sites excluding steroid dienone is 2. The van der Waals surface area contributed by atoms with Gasteiger partial charge in [-0.25, -0.2) is 15.0 Å². The second kappa shape index (κ2) is 13.0. The van der Waals surface area contributed by atoms with Crippen molar-refractivity contribution in [3.63, 3.8) is 0 Å². The summed E-state index contributed by atoms with van der Waals surface area (Å²) in [7, 11) is 3.89. The SMILES string of the molecule is C=C(CC[C@H]1CCCc2sc(/N=C/N(C)C)c(C#N)c21)c1ccnc(N2CCCN(C(=C)CC(C)(C)C)CC2)n1. The highest BCUT2D eigenvalue weighted by atomic mass is 32.1. The largest absolute Gasteiger partial charge is 0.373 e. The molecular formula is C32H45N7S. The minimum Gasteiger partial charge on any atom is -0.373 e. The van der Waals surface area contributed by atoms with E-state index >= 15 is 0 Å². The third-order valence-electron chi connectivity index (χ3n) is 7.65. The maximum Gasteiger partial charge on any atom is 0.225 e. The topological polar surface area (TPSA) is 71.7 Å². The third-order valence-corrected chi connectivity index (χ3v) is 8.82. The van der Waals surface area contributed by atoms with E-state index in [0.29, 0.717) is 5.92 Å². The zero-order valence-electron chi connectivity index (χ0n) is 25.0. The van der Waals surface area contributed by atoms with Crippen LogP contribution < -0.4 is 4.90 Å². The Morgan fingerprint density at radius 1 is 1.23 bits per heavy atom. The van der Waals surface area contributed by atoms with Crippen LogP contribution >= 0.6 is 11.3 Å². The highest BCUT2D eigenvalue weighted by Crippen LogP contribution is 2.46. The van der Waals surface area contributed by atoms with Crippen molar-refractivity contribution >= 4 is 34.2 Å². The van der Waals surface area contributed by atoms with E-state index in [1.54, 1.807) is 17.7 Å². The van der Waals surface area contributed by atoms with Gasteiger partial charge < -0.3 is 14.7 Å². The highest BCUT2D eigenvalue weighted by Gasteiger charge is 2.28. The van der Waals surface area contributed by atoms with Crippen LogP contribution in [-0.4, -0.2) is 66.4 Å². The summed E-state index contributed by atoms with van der Waals surface area (Å²) in [5, 5.41) is 10.8. The number of thiophene rings is 1. The average molecular weight is 560 g/mol. The lowest BCUT2D eigenvalue weighted by molar-refractivity contribution is 0.303. The van der Waals surface area contributed by atoms with Gasteiger partial charge in [0.25, 0.3) is 0 Å². The van der Waals surface area contributed by atoms with Gasteiger partial charge in [-0.3, -0.25) is 0 Å². The molecule has 0 bridgehead atoms. The van der Waals surface area contributed by atoms with Gasteiger partial charge in [0, 0.05) is 57.0 Å². The Hall–Kier alpha value is -3.18. The molecule has 0 saturated carbocycles. The van der Waals surface area contributed by atoms with Gasteiger partial charge in [-0.05, 0) is 73.5 Å². The van der Waals surface area contributed by atoms with E-state index in [1.807, 2.05) is 31.3 Å². The van der Waals surface area contributed by atoms with Crippen LogP contribution in [0.25, 0.3) is 5.57 Å². The molecule has 0 radical (unpaired) electrons. The summed E-state index contributed by atoms with van der Waals surface area (Å²) in [5.74, 6) is 1.14. The molecule has 0 amide bonds. The Morgan fingerprint density at radius 3 is 2.75 bits per heavy atom. The number of hydrogen-bond acceptors (Lipinski definition) is 7. The predicted molar refractivity (Wildman–Crippen MR) is 168 cm³/mol. The van der Waals surface area contributed by atoms with Crippen LogP contribution in [0.5, 0.6) is 0 Å². The van der Waals surface area contributed by atoms with Crippen molar-refractivity contribution in [1.29, 1.82) is 5.26 Å². The summed E-state index contributed by atoms with van der Waals surface area (Å²) >= 11 is 1.68. The van der Waals surface area contributed by atoms with Crippen molar-refractivity contribution in [2.45, 2.75) is 71.6 Å². The van der Waals surface area contributed by atoms with Crippen molar-refractivity contribution in [2.24, 2.45) is 10.4 Å². The number of anilines is 1. The molecule has 2 aromatic heterocycles. The normalized spacial score (nSPS) is 17.9. The van der Waals surface area contributed by atoms with Crippen molar-refractivity contribution in [1.82, 2.24) is 19.8 Å². The van der Waals surface area contributed by atoms with Gasteiger partial charge in [0.2, 0.25) is 5.95 Å². The minimum atomic E-state index is 0.238. The van der Waals surface area contributed by atoms with Crippen LogP contribution in [0.1, 0.15) is 86.9 Å². The van der Waals surface area contributed by atoms with E-state index in [4.69, 9.17) is 4.98 Å². The second-order valence-electron chi connectivity index (χ2n) is 12.5. The maximum atomic E-state index is 9.99. The first-order valence-corrected chi connectivity index (χ1v) is 15.3. The molecule has 0 N–H and O–H groups in total.